The van der Waals surface area contributed by atoms with Gasteiger partial charge in [-0.1, -0.05) is 46.3 Å². The van der Waals surface area contributed by atoms with Crippen LogP contribution >= 0.6 is 58.5 Å². The number of nitrogens with zero attached hydrogens (tertiary/aromatic N) is 2. The van der Waals surface area contributed by atoms with E-state index in [1.807, 2.05) is 0 Å². The molecule has 1 N–H and O–H groups in total. The highest BCUT2D eigenvalue weighted by atomic mass is 35.5. The van der Waals surface area contributed by atoms with Gasteiger partial charge >= 0.3 is 0 Å². The van der Waals surface area contributed by atoms with E-state index in [2.05, 4.69) is 10.4 Å². The van der Waals surface area contributed by atoms with Gasteiger partial charge in [0.2, 0.25) is 5.91 Å². The Labute approximate surface area is 176 Å². The molecule has 0 saturated carbocycles. The van der Waals surface area contributed by atoms with Crippen molar-refractivity contribution in [3.05, 3.63) is 62.0 Å². The first-order chi connectivity index (χ1) is 12.8. The van der Waals surface area contributed by atoms with Crippen LogP contribution in [-0.4, -0.2) is 21.4 Å². The van der Waals surface area contributed by atoms with Gasteiger partial charge in [-0.15, -0.1) is 5.10 Å². The predicted octanol–water partition coefficient (Wildman–Crippen LogP) is 5.98. The molecule has 1 heterocycles. The van der Waals surface area contributed by atoms with Crippen LogP contribution in [-0.2, 0) is 4.79 Å². The average Bonchev–Trinajstić information content (AvgIpc) is 2.99. The zero-order chi connectivity index (χ0) is 19.6. The van der Waals surface area contributed by atoms with Gasteiger partial charge in [0.15, 0.2) is 8.29 Å². The SMILES string of the molecule is O=C(CSc1nn(-c2ccc(Cl)c(Cl)c2)c(=S)s1)Nc1ccc(F)cc1F. The Bertz CT molecular complexity index is 1070. The lowest BCUT2D eigenvalue weighted by molar-refractivity contribution is -0.113. The molecule has 3 rings (SSSR count). The fourth-order valence-corrected chi connectivity index (χ4v) is 4.46. The summed E-state index contributed by atoms with van der Waals surface area (Å²) in [4.78, 5) is 12.0. The van der Waals surface area contributed by atoms with Gasteiger partial charge < -0.3 is 5.32 Å². The predicted molar refractivity (Wildman–Crippen MR) is 108 cm³/mol. The zero-order valence-corrected chi connectivity index (χ0v) is 17.2. The smallest absolute Gasteiger partial charge is 0.234 e. The van der Waals surface area contributed by atoms with Crippen LogP contribution in [0.2, 0.25) is 10.0 Å². The summed E-state index contributed by atoms with van der Waals surface area (Å²) < 4.78 is 29.0. The number of carbonyl (C=O) groups is 1. The summed E-state index contributed by atoms with van der Waals surface area (Å²) in [5.41, 5.74) is 0.561. The van der Waals surface area contributed by atoms with Crippen molar-refractivity contribution in [3.8, 4) is 5.69 Å². The molecule has 0 aliphatic heterocycles. The first-order valence-electron chi connectivity index (χ1n) is 7.27. The zero-order valence-electron chi connectivity index (χ0n) is 13.2. The number of carbonyl (C=O) groups excluding carboxylic acids is 1. The van der Waals surface area contributed by atoms with Crippen LogP contribution in [0, 0.1) is 15.6 Å². The van der Waals surface area contributed by atoms with E-state index in [-0.39, 0.29) is 11.4 Å². The quantitative estimate of drug-likeness (QED) is 0.373. The number of nitrogens with one attached hydrogen (secondary N) is 1. The second-order valence-corrected chi connectivity index (χ2v) is 8.76. The molecule has 1 amide bonds. The fourth-order valence-electron chi connectivity index (χ4n) is 2.00. The molecule has 4 nitrogen and oxygen atoms in total. The third kappa shape index (κ3) is 5.05. The van der Waals surface area contributed by atoms with E-state index in [4.69, 9.17) is 35.4 Å². The van der Waals surface area contributed by atoms with Gasteiger partial charge in [-0.05, 0) is 42.5 Å². The number of halogens is 4. The summed E-state index contributed by atoms with van der Waals surface area (Å²) in [7, 11) is 0. The Hall–Kier alpha value is -1.52. The molecule has 0 radical (unpaired) electrons. The maximum Gasteiger partial charge on any atom is 0.234 e. The molecule has 0 spiro atoms. The standard InChI is InChI=1S/C16H9Cl2F2N3OS3/c17-10-3-2-9(6-11(10)18)23-16(25)27-15(22-23)26-7-14(24)21-13-4-1-8(19)5-12(13)20/h1-6H,7H2,(H,21,24). The van der Waals surface area contributed by atoms with Gasteiger partial charge in [-0.25, -0.2) is 13.5 Å². The van der Waals surface area contributed by atoms with Gasteiger partial charge in [0, 0.05) is 6.07 Å². The topological polar surface area (TPSA) is 46.9 Å². The maximum absolute atomic E-state index is 13.6. The van der Waals surface area contributed by atoms with Crippen molar-refractivity contribution in [1.29, 1.82) is 0 Å². The second kappa shape index (κ2) is 8.66. The number of benzene rings is 2. The Balaban J connectivity index is 1.67. The second-order valence-electron chi connectivity index (χ2n) is 5.11. The van der Waals surface area contributed by atoms with Gasteiger partial charge in [0.1, 0.15) is 11.6 Å². The summed E-state index contributed by atoms with van der Waals surface area (Å²) in [6.07, 6.45) is 0. The third-order valence-electron chi connectivity index (χ3n) is 3.21. The molecule has 11 heteroatoms. The van der Waals surface area contributed by atoms with Crippen LogP contribution in [0.25, 0.3) is 5.69 Å². The normalized spacial score (nSPS) is 10.8. The van der Waals surface area contributed by atoms with E-state index in [0.29, 0.717) is 30.1 Å². The number of thioether (sulfide) groups is 1. The number of amides is 1. The lowest BCUT2D eigenvalue weighted by atomic mass is 10.3. The van der Waals surface area contributed by atoms with Crippen molar-refractivity contribution in [3.63, 3.8) is 0 Å². The number of hydrogen-bond acceptors (Lipinski definition) is 5. The molecule has 140 valence electrons. The molecule has 0 unspecified atom stereocenters. The monoisotopic (exact) mass is 463 g/mol. The van der Waals surface area contributed by atoms with Crippen molar-refractivity contribution in [2.45, 2.75) is 4.34 Å². The van der Waals surface area contributed by atoms with Gasteiger partial charge in [-0.3, -0.25) is 4.79 Å². The first-order valence-corrected chi connectivity index (χ1v) is 10.2. The molecule has 0 atom stereocenters. The largest absolute Gasteiger partial charge is 0.323 e. The first kappa shape index (κ1) is 20.2. The van der Waals surface area contributed by atoms with Crippen LogP contribution in [0.3, 0.4) is 0 Å². The minimum Gasteiger partial charge on any atom is -0.323 e. The van der Waals surface area contributed by atoms with E-state index in [1.165, 1.54) is 16.0 Å². The summed E-state index contributed by atoms with van der Waals surface area (Å²) in [6.45, 7) is 0. The number of aromatic nitrogens is 2. The lowest BCUT2D eigenvalue weighted by Gasteiger charge is -2.05. The molecule has 1 aromatic heterocycles. The van der Waals surface area contributed by atoms with Crippen LogP contribution in [0.1, 0.15) is 0 Å². The van der Waals surface area contributed by atoms with Crippen LogP contribution in [0.15, 0.2) is 40.7 Å². The van der Waals surface area contributed by atoms with E-state index in [9.17, 15) is 13.6 Å². The van der Waals surface area contributed by atoms with Gasteiger partial charge in [-0.2, -0.15) is 0 Å². The van der Waals surface area contributed by atoms with Crippen molar-refractivity contribution < 1.29 is 13.6 Å². The van der Waals surface area contributed by atoms with Crippen molar-refractivity contribution >= 4 is 70.1 Å². The molecular weight excluding hydrogens is 455 g/mol. The minimum atomic E-state index is -0.840. The van der Waals surface area contributed by atoms with Crippen LogP contribution in [0.4, 0.5) is 14.5 Å². The van der Waals surface area contributed by atoms with Crippen LogP contribution in [0.5, 0.6) is 0 Å². The van der Waals surface area contributed by atoms with E-state index < -0.39 is 17.5 Å². The molecule has 27 heavy (non-hydrogen) atoms. The van der Waals surface area contributed by atoms with Crippen LogP contribution < -0.4 is 5.32 Å². The summed E-state index contributed by atoms with van der Waals surface area (Å²) in [6, 6.07) is 7.93. The van der Waals surface area contributed by atoms with Crippen molar-refractivity contribution in [2.75, 3.05) is 11.1 Å². The lowest BCUT2D eigenvalue weighted by Crippen LogP contribution is -2.15. The molecule has 2 aromatic carbocycles. The highest BCUT2D eigenvalue weighted by Gasteiger charge is 2.12. The molecule has 3 aromatic rings. The van der Waals surface area contributed by atoms with Crippen molar-refractivity contribution in [2.24, 2.45) is 0 Å². The van der Waals surface area contributed by atoms with Gasteiger partial charge in [0.25, 0.3) is 0 Å². The number of anilines is 1. The maximum atomic E-state index is 13.6. The van der Waals surface area contributed by atoms with E-state index in [1.54, 1.807) is 18.2 Å². The molecule has 0 saturated heterocycles. The highest BCUT2D eigenvalue weighted by Crippen LogP contribution is 2.28. The Kier molecular flexibility index (Phi) is 6.48. The molecule has 0 bridgehead atoms. The van der Waals surface area contributed by atoms with E-state index in [0.717, 1.165) is 23.9 Å². The number of hydrogen-bond donors (Lipinski definition) is 1. The molecular formula is C16H9Cl2F2N3OS3. The molecule has 0 aliphatic rings. The summed E-state index contributed by atoms with van der Waals surface area (Å²) >= 11 is 19.6. The highest BCUT2D eigenvalue weighted by molar-refractivity contribution is 8.01. The summed E-state index contributed by atoms with van der Waals surface area (Å²) in [5.74, 6) is -2.02. The third-order valence-corrected chi connectivity index (χ3v) is 6.31. The Morgan fingerprint density at radius 1 is 1.22 bits per heavy atom. The number of rotatable bonds is 5. The summed E-state index contributed by atoms with van der Waals surface area (Å²) in [5, 5.41) is 7.52. The van der Waals surface area contributed by atoms with Crippen molar-refractivity contribution in [1.82, 2.24) is 9.78 Å². The minimum absolute atomic E-state index is 0.0134. The Morgan fingerprint density at radius 3 is 2.70 bits per heavy atom. The van der Waals surface area contributed by atoms with E-state index >= 15 is 0 Å². The fraction of sp³-hybridized carbons (Fsp3) is 0.0625. The Morgan fingerprint density at radius 2 is 2.00 bits per heavy atom. The van der Waals surface area contributed by atoms with Gasteiger partial charge in [0.05, 0.1) is 27.2 Å². The molecule has 0 fully saturated rings. The average molecular weight is 464 g/mol. The molecule has 0 aliphatic carbocycles.